The number of carbonyl (C=O) groups excluding carboxylic acids is 1. The minimum Gasteiger partial charge on any atom is -0.397 e. The number of nitrogens with two attached hydrogens (primary N) is 1. The maximum atomic E-state index is 11.5. The van der Waals surface area contributed by atoms with Crippen LogP contribution in [-0.2, 0) is 6.54 Å². The predicted molar refractivity (Wildman–Crippen MR) is 65.0 cm³/mol. The summed E-state index contributed by atoms with van der Waals surface area (Å²) in [5.41, 5.74) is 6.28. The molecular weight excluding hydrogens is 240 g/mol. The SMILES string of the molecule is CCC(=O)c1sc(NCc2ncon2)cc1N. The molecule has 0 unspecified atom stereocenters. The van der Waals surface area contributed by atoms with Gasteiger partial charge in [0.1, 0.15) is 0 Å². The first-order valence-electron chi connectivity index (χ1n) is 5.12. The Balaban J connectivity index is 2.05. The number of nitrogens with one attached hydrogen (secondary N) is 1. The summed E-state index contributed by atoms with van der Waals surface area (Å²) in [6.45, 7) is 2.25. The Morgan fingerprint density at radius 3 is 3.12 bits per heavy atom. The standard InChI is InChI=1S/C10H12N4O2S/c1-2-7(15)10-6(11)3-9(17-10)12-4-8-13-5-16-14-8/h3,5,12H,2,4,11H2,1H3. The predicted octanol–water partition coefficient (Wildman–Crippen LogP) is 1.92. The molecule has 17 heavy (non-hydrogen) atoms. The molecule has 0 bridgehead atoms. The van der Waals surface area contributed by atoms with Crippen molar-refractivity contribution >= 4 is 27.8 Å². The van der Waals surface area contributed by atoms with Crippen molar-refractivity contribution in [3.63, 3.8) is 0 Å². The fourth-order valence-corrected chi connectivity index (χ4v) is 2.29. The number of nitrogens with zero attached hydrogens (tertiary/aromatic N) is 2. The molecule has 2 aromatic heterocycles. The van der Waals surface area contributed by atoms with E-state index in [1.165, 1.54) is 17.7 Å². The molecule has 6 nitrogen and oxygen atoms in total. The Bertz CT molecular complexity index is 506. The molecule has 2 aromatic rings. The van der Waals surface area contributed by atoms with Gasteiger partial charge in [0.15, 0.2) is 11.6 Å². The van der Waals surface area contributed by atoms with Gasteiger partial charge in [-0.2, -0.15) is 4.98 Å². The van der Waals surface area contributed by atoms with Crippen LogP contribution in [0.15, 0.2) is 17.0 Å². The third kappa shape index (κ3) is 2.62. The fourth-order valence-electron chi connectivity index (χ4n) is 1.31. The minimum absolute atomic E-state index is 0.0557. The van der Waals surface area contributed by atoms with Gasteiger partial charge in [-0.3, -0.25) is 4.79 Å². The number of carbonyl (C=O) groups is 1. The van der Waals surface area contributed by atoms with Crippen molar-refractivity contribution in [2.45, 2.75) is 19.9 Å². The van der Waals surface area contributed by atoms with Crippen molar-refractivity contribution in [2.75, 3.05) is 11.1 Å². The first-order chi connectivity index (χ1) is 8.20. The molecule has 0 atom stereocenters. The highest BCUT2D eigenvalue weighted by molar-refractivity contribution is 7.18. The molecule has 0 fully saturated rings. The summed E-state index contributed by atoms with van der Waals surface area (Å²) < 4.78 is 4.61. The minimum atomic E-state index is 0.0557. The summed E-state index contributed by atoms with van der Waals surface area (Å²) in [6, 6.07) is 1.74. The second-order valence-electron chi connectivity index (χ2n) is 3.37. The molecule has 0 aliphatic heterocycles. The maximum Gasteiger partial charge on any atom is 0.213 e. The number of hydrogen-bond donors (Lipinski definition) is 2. The number of hydrogen-bond acceptors (Lipinski definition) is 7. The average Bonchev–Trinajstić information content (AvgIpc) is 2.94. The second-order valence-corrected chi connectivity index (χ2v) is 4.43. The number of rotatable bonds is 5. The van der Waals surface area contributed by atoms with Crippen LogP contribution in [0.25, 0.3) is 0 Å². The summed E-state index contributed by atoms with van der Waals surface area (Å²) in [4.78, 5) is 16.0. The number of thiophene rings is 1. The molecule has 3 N–H and O–H groups in total. The molecule has 7 heteroatoms. The van der Waals surface area contributed by atoms with Gasteiger partial charge in [-0.1, -0.05) is 12.1 Å². The first kappa shape index (κ1) is 11.6. The first-order valence-corrected chi connectivity index (χ1v) is 5.94. The molecule has 0 spiro atoms. The number of nitrogen functional groups attached to an aromatic ring is 1. The van der Waals surface area contributed by atoms with E-state index >= 15 is 0 Å². The van der Waals surface area contributed by atoms with Crippen molar-refractivity contribution in [2.24, 2.45) is 0 Å². The van der Waals surface area contributed by atoms with E-state index in [4.69, 9.17) is 5.73 Å². The zero-order valence-electron chi connectivity index (χ0n) is 9.27. The van der Waals surface area contributed by atoms with Crippen LogP contribution in [0.1, 0.15) is 28.8 Å². The van der Waals surface area contributed by atoms with Gasteiger partial charge in [0.25, 0.3) is 0 Å². The van der Waals surface area contributed by atoms with Crippen molar-refractivity contribution in [3.8, 4) is 0 Å². The van der Waals surface area contributed by atoms with E-state index < -0.39 is 0 Å². The summed E-state index contributed by atoms with van der Waals surface area (Å²) in [6.07, 6.45) is 1.72. The molecule has 0 aliphatic carbocycles. The summed E-state index contributed by atoms with van der Waals surface area (Å²) in [5.74, 6) is 0.612. The Morgan fingerprint density at radius 1 is 1.65 bits per heavy atom. The topological polar surface area (TPSA) is 94.0 Å². The Labute approximate surface area is 102 Å². The molecule has 0 radical (unpaired) electrons. The van der Waals surface area contributed by atoms with Crippen LogP contribution in [0.2, 0.25) is 0 Å². The summed E-state index contributed by atoms with van der Waals surface area (Å²) in [7, 11) is 0. The molecule has 90 valence electrons. The number of aromatic nitrogens is 2. The van der Waals surface area contributed by atoms with Crippen molar-refractivity contribution in [1.82, 2.24) is 10.1 Å². The molecule has 2 heterocycles. The Hall–Kier alpha value is -1.89. The fraction of sp³-hybridized carbons (Fsp3) is 0.300. The lowest BCUT2D eigenvalue weighted by Crippen LogP contribution is -1.99. The van der Waals surface area contributed by atoms with Crippen LogP contribution >= 0.6 is 11.3 Å². The van der Waals surface area contributed by atoms with Crippen LogP contribution in [0.3, 0.4) is 0 Å². The van der Waals surface area contributed by atoms with E-state index in [-0.39, 0.29) is 5.78 Å². The smallest absolute Gasteiger partial charge is 0.213 e. The third-order valence-corrected chi connectivity index (χ3v) is 3.31. The van der Waals surface area contributed by atoms with Gasteiger partial charge in [-0.15, -0.1) is 11.3 Å². The monoisotopic (exact) mass is 252 g/mol. The van der Waals surface area contributed by atoms with E-state index in [1.54, 1.807) is 6.07 Å². The lowest BCUT2D eigenvalue weighted by Gasteiger charge is -1.97. The van der Waals surface area contributed by atoms with Crippen molar-refractivity contribution in [1.29, 1.82) is 0 Å². The maximum absolute atomic E-state index is 11.5. The molecule has 0 aromatic carbocycles. The number of ketones is 1. The van der Waals surface area contributed by atoms with Crippen molar-refractivity contribution in [3.05, 3.63) is 23.2 Å². The quantitative estimate of drug-likeness (QED) is 0.789. The highest BCUT2D eigenvalue weighted by Crippen LogP contribution is 2.30. The van der Waals surface area contributed by atoms with E-state index in [9.17, 15) is 4.79 Å². The second kappa shape index (κ2) is 4.96. The van der Waals surface area contributed by atoms with Gasteiger partial charge in [-0.05, 0) is 6.07 Å². The summed E-state index contributed by atoms with van der Waals surface area (Å²) >= 11 is 1.34. The van der Waals surface area contributed by atoms with E-state index in [2.05, 4.69) is 20.0 Å². The van der Waals surface area contributed by atoms with Gasteiger partial charge in [0, 0.05) is 6.42 Å². The normalized spacial score (nSPS) is 10.4. The van der Waals surface area contributed by atoms with Crippen molar-refractivity contribution < 1.29 is 9.32 Å². The van der Waals surface area contributed by atoms with Crippen LogP contribution in [0, 0.1) is 0 Å². The largest absolute Gasteiger partial charge is 0.397 e. The van der Waals surface area contributed by atoms with Crippen LogP contribution in [0.5, 0.6) is 0 Å². The Kier molecular flexibility index (Phi) is 3.38. The molecule has 2 rings (SSSR count). The molecule has 0 amide bonds. The molecule has 0 saturated heterocycles. The van der Waals surface area contributed by atoms with Gasteiger partial charge in [0.2, 0.25) is 6.39 Å². The van der Waals surface area contributed by atoms with Gasteiger partial charge < -0.3 is 15.6 Å². The van der Waals surface area contributed by atoms with E-state index in [1.807, 2.05) is 6.92 Å². The third-order valence-electron chi connectivity index (χ3n) is 2.16. The zero-order valence-corrected chi connectivity index (χ0v) is 10.1. The molecule has 0 saturated carbocycles. The molecular formula is C10H12N4O2S. The lowest BCUT2D eigenvalue weighted by atomic mass is 10.2. The Morgan fingerprint density at radius 2 is 2.47 bits per heavy atom. The zero-order chi connectivity index (χ0) is 12.3. The van der Waals surface area contributed by atoms with Crippen LogP contribution in [-0.4, -0.2) is 15.9 Å². The number of anilines is 2. The van der Waals surface area contributed by atoms with Gasteiger partial charge >= 0.3 is 0 Å². The number of Topliss-reactive ketones (excluding diaryl/α,β-unsaturated/α-hetero) is 1. The summed E-state index contributed by atoms with van der Waals surface area (Å²) in [5, 5.41) is 7.58. The van der Waals surface area contributed by atoms with Crippen LogP contribution < -0.4 is 11.1 Å². The van der Waals surface area contributed by atoms with Gasteiger partial charge in [0.05, 0.1) is 22.1 Å². The van der Waals surface area contributed by atoms with Crippen LogP contribution in [0.4, 0.5) is 10.7 Å². The van der Waals surface area contributed by atoms with E-state index in [0.29, 0.717) is 29.4 Å². The highest BCUT2D eigenvalue weighted by Gasteiger charge is 2.12. The average molecular weight is 252 g/mol. The van der Waals surface area contributed by atoms with Gasteiger partial charge in [-0.25, -0.2) is 0 Å². The molecule has 0 aliphatic rings. The highest BCUT2D eigenvalue weighted by atomic mass is 32.1. The van der Waals surface area contributed by atoms with E-state index in [0.717, 1.165) is 5.00 Å². The lowest BCUT2D eigenvalue weighted by molar-refractivity contribution is 0.0993.